The summed E-state index contributed by atoms with van der Waals surface area (Å²) in [6.45, 7) is 7.75. The van der Waals surface area contributed by atoms with Crippen LogP contribution in [-0.4, -0.2) is 56.3 Å². The maximum atomic E-state index is 14.4. The predicted octanol–water partition coefficient (Wildman–Crippen LogP) is 2.88. The number of rotatable bonds is 11. The lowest BCUT2D eigenvalue weighted by atomic mass is 10.0. The highest BCUT2D eigenvalue weighted by Crippen LogP contribution is 2.34. The Kier molecular flexibility index (Phi) is 8.80. The van der Waals surface area contributed by atoms with E-state index in [4.69, 9.17) is 9.47 Å². The van der Waals surface area contributed by atoms with E-state index < -0.39 is 34.6 Å². The van der Waals surface area contributed by atoms with Gasteiger partial charge in [0.1, 0.15) is 33.0 Å². The van der Waals surface area contributed by atoms with Crippen molar-refractivity contribution in [2.75, 3.05) is 20.3 Å². The minimum absolute atomic E-state index is 0.105. The van der Waals surface area contributed by atoms with Gasteiger partial charge in [-0.05, 0) is 58.9 Å². The van der Waals surface area contributed by atoms with E-state index in [1.54, 1.807) is 43.9 Å². The van der Waals surface area contributed by atoms with E-state index in [-0.39, 0.29) is 31.2 Å². The number of aromatic nitrogens is 4. The van der Waals surface area contributed by atoms with Crippen LogP contribution in [-0.2, 0) is 21.6 Å². The maximum absolute atomic E-state index is 14.4. The molecular weight excluding hydrogens is 553 g/mol. The topological polar surface area (TPSA) is 130 Å². The van der Waals surface area contributed by atoms with Gasteiger partial charge in [-0.25, -0.2) is 18.4 Å². The van der Waals surface area contributed by atoms with E-state index in [2.05, 4.69) is 10.4 Å². The van der Waals surface area contributed by atoms with Crippen molar-refractivity contribution in [1.29, 1.82) is 0 Å². The Morgan fingerprint density at radius 2 is 2.00 bits per heavy atom. The first-order valence-corrected chi connectivity index (χ1v) is 13.9. The number of amides is 1. The standard InChI is InChI=1S/C28H34FN5O6S/c1-16(2)31-26(37)28(4,5)34-23(36)22-17(3)24(33-11-7-10-30-33)41-25(22)32(27(34)38)15-21(40-13-12-35)19-14-18(29)8-9-20(19)39-6/h7-11,14,16,21,35H,12-13,15H2,1-6H3,(H,31,37). The Hall–Kier alpha value is -3.81. The van der Waals surface area contributed by atoms with Gasteiger partial charge >= 0.3 is 5.69 Å². The van der Waals surface area contributed by atoms with E-state index >= 15 is 0 Å². The zero-order valence-electron chi connectivity index (χ0n) is 23.8. The molecule has 1 unspecified atom stereocenters. The zero-order chi connectivity index (χ0) is 30.1. The van der Waals surface area contributed by atoms with Crippen LogP contribution in [0.4, 0.5) is 4.39 Å². The first kappa shape index (κ1) is 30.2. The minimum atomic E-state index is -1.56. The summed E-state index contributed by atoms with van der Waals surface area (Å²) in [5.41, 5.74) is -2.03. The fourth-order valence-corrected chi connectivity index (χ4v) is 5.94. The molecule has 0 aliphatic heterocycles. The number of carbonyl (C=O) groups is 1. The van der Waals surface area contributed by atoms with Crippen LogP contribution < -0.4 is 21.3 Å². The summed E-state index contributed by atoms with van der Waals surface area (Å²) in [6.07, 6.45) is 2.37. The largest absolute Gasteiger partial charge is 0.496 e. The van der Waals surface area contributed by atoms with Crippen molar-refractivity contribution in [3.8, 4) is 10.8 Å². The normalized spacial score (nSPS) is 12.7. The molecule has 0 aliphatic rings. The van der Waals surface area contributed by atoms with Crippen LogP contribution in [0.2, 0.25) is 0 Å². The molecule has 4 rings (SSSR count). The SMILES string of the molecule is COc1ccc(F)cc1C(Cn1c(=O)n(C(C)(C)C(=O)NC(C)C)c(=O)c2c(C)c(-n3cccn3)sc21)OCCO. The van der Waals surface area contributed by atoms with Crippen LogP contribution in [0.3, 0.4) is 0 Å². The number of aliphatic hydroxyl groups is 1. The predicted molar refractivity (Wildman–Crippen MR) is 154 cm³/mol. The number of ether oxygens (including phenoxy) is 2. The summed E-state index contributed by atoms with van der Waals surface area (Å²) in [6, 6.07) is 5.45. The van der Waals surface area contributed by atoms with Crippen molar-refractivity contribution >= 4 is 27.5 Å². The van der Waals surface area contributed by atoms with E-state index in [0.717, 1.165) is 4.57 Å². The Labute approximate surface area is 239 Å². The Morgan fingerprint density at radius 1 is 1.27 bits per heavy atom. The average Bonchev–Trinajstić information content (AvgIpc) is 3.56. The lowest BCUT2D eigenvalue weighted by Crippen LogP contribution is -2.56. The summed E-state index contributed by atoms with van der Waals surface area (Å²) in [5, 5.41) is 17.5. The van der Waals surface area contributed by atoms with Crippen molar-refractivity contribution in [3.05, 3.63) is 74.4 Å². The van der Waals surface area contributed by atoms with Gasteiger partial charge in [-0.1, -0.05) is 11.3 Å². The van der Waals surface area contributed by atoms with Crippen LogP contribution in [0.15, 0.2) is 46.2 Å². The van der Waals surface area contributed by atoms with Gasteiger partial charge in [0.05, 0.1) is 32.3 Å². The molecule has 1 amide bonds. The van der Waals surface area contributed by atoms with Crippen LogP contribution >= 0.6 is 11.3 Å². The number of methoxy groups -OCH3 is 1. The first-order chi connectivity index (χ1) is 19.4. The molecule has 4 aromatic rings. The molecule has 3 aromatic heterocycles. The molecule has 13 heteroatoms. The monoisotopic (exact) mass is 587 g/mol. The number of aryl methyl sites for hydroxylation is 1. The molecule has 3 heterocycles. The second-order valence-electron chi connectivity index (χ2n) is 10.4. The van der Waals surface area contributed by atoms with E-state index in [1.165, 1.54) is 55.1 Å². The van der Waals surface area contributed by atoms with Gasteiger partial charge in [0.2, 0.25) is 5.91 Å². The van der Waals surface area contributed by atoms with E-state index in [0.29, 0.717) is 26.7 Å². The molecule has 0 fully saturated rings. The molecule has 0 spiro atoms. The minimum Gasteiger partial charge on any atom is -0.496 e. The number of nitrogens with zero attached hydrogens (tertiary/aromatic N) is 4. The van der Waals surface area contributed by atoms with Crippen LogP contribution in [0.5, 0.6) is 5.75 Å². The van der Waals surface area contributed by atoms with Crippen LogP contribution in [0.25, 0.3) is 15.2 Å². The molecule has 1 aromatic carbocycles. The Bertz CT molecular complexity index is 1670. The number of hydrogen-bond donors (Lipinski definition) is 2. The summed E-state index contributed by atoms with van der Waals surface area (Å²) < 4.78 is 29.7. The number of fused-ring (bicyclic) bond motifs is 1. The molecule has 11 nitrogen and oxygen atoms in total. The number of nitrogens with one attached hydrogen (secondary N) is 1. The van der Waals surface area contributed by atoms with Crippen LogP contribution in [0, 0.1) is 12.7 Å². The van der Waals surface area contributed by atoms with Gasteiger partial charge in [-0.15, -0.1) is 0 Å². The van der Waals surface area contributed by atoms with E-state index in [1.807, 2.05) is 0 Å². The molecule has 0 saturated heterocycles. The third-order valence-corrected chi connectivity index (χ3v) is 8.04. The van der Waals surface area contributed by atoms with Crippen LogP contribution in [0.1, 0.15) is 44.9 Å². The average molecular weight is 588 g/mol. The summed E-state index contributed by atoms with van der Waals surface area (Å²) >= 11 is 1.19. The number of benzene rings is 1. The fourth-order valence-electron chi connectivity index (χ4n) is 4.69. The van der Waals surface area contributed by atoms with Crippen molar-refractivity contribution < 1.29 is 23.8 Å². The molecule has 2 N–H and O–H groups in total. The van der Waals surface area contributed by atoms with Gasteiger partial charge < -0.3 is 19.9 Å². The van der Waals surface area contributed by atoms with Crippen molar-refractivity contribution in [2.24, 2.45) is 0 Å². The van der Waals surface area contributed by atoms with Gasteiger partial charge in [0, 0.05) is 29.6 Å². The highest BCUT2D eigenvalue weighted by atomic mass is 32.1. The third-order valence-electron chi connectivity index (χ3n) is 6.73. The highest BCUT2D eigenvalue weighted by molar-refractivity contribution is 7.21. The summed E-state index contributed by atoms with van der Waals surface area (Å²) in [5.74, 6) is -0.721. The lowest BCUT2D eigenvalue weighted by Gasteiger charge is -2.28. The fraction of sp³-hybridized carbons (Fsp3) is 0.429. The zero-order valence-corrected chi connectivity index (χ0v) is 24.6. The Balaban J connectivity index is 2.03. The second-order valence-corrected chi connectivity index (χ2v) is 11.3. The van der Waals surface area contributed by atoms with Crippen molar-refractivity contribution in [2.45, 2.75) is 58.8 Å². The molecule has 220 valence electrons. The third kappa shape index (κ3) is 5.69. The molecule has 0 bridgehead atoms. The molecule has 1 atom stereocenters. The number of hydrogen-bond acceptors (Lipinski definition) is 8. The highest BCUT2D eigenvalue weighted by Gasteiger charge is 2.36. The number of halogens is 1. The smallest absolute Gasteiger partial charge is 0.333 e. The number of aliphatic hydroxyl groups excluding tert-OH is 1. The summed E-state index contributed by atoms with van der Waals surface area (Å²) in [4.78, 5) is 41.9. The summed E-state index contributed by atoms with van der Waals surface area (Å²) in [7, 11) is 1.43. The van der Waals surface area contributed by atoms with Crippen molar-refractivity contribution in [3.63, 3.8) is 0 Å². The quantitative estimate of drug-likeness (QED) is 0.276. The molecule has 0 aliphatic carbocycles. The van der Waals surface area contributed by atoms with E-state index in [9.17, 15) is 23.9 Å². The second kappa shape index (κ2) is 12.0. The molecule has 0 saturated carbocycles. The number of thiophene rings is 1. The van der Waals surface area contributed by atoms with Gasteiger partial charge in [-0.2, -0.15) is 5.10 Å². The van der Waals surface area contributed by atoms with Crippen molar-refractivity contribution in [1.82, 2.24) is 24.2 Å². The lowest BCUT2D eigenvalue weighted by molar-refractivity contribution is -0.129. The van der Waals surface area contributed by atoms with Gasteiger partial charge in [0.25, 0.3) is 5.56 Å². The number of carbonyl (C=O) groups excluding carboxylic acids is 1. The first-order valence-electron chi connectivity index (χ1n) is 13.1. The molecule has 41 heavy (non-hydrogen) atoms. The molecular formula is C28H34FN5O6S. The van der Waals surface area contributed by atoms with Gasteiger partial charge in [0.15, 0.2) is 0 Å². The Morgan fingerprint density at radius 3 is 2.61 bits per heavy atom. The van der Waals surface area contributed by atoms with Gasteiger partial charge in [-0.3, -0.25) is 14.2 Å². The maximum Gasteiger partial charge on any atom is 0.333 e. The molecule has 0 radical (unpaired) electrons.